The van der Waals surface area contributed by atoms with Crippen LogP contribution in [0.25, 0.3) is 6.08 Å². The number of rotatable bonds is 10. The maximum absolute atomic E-state index is 13.9. The lowest BCUT2D eigenvalue weighted by Crippen LogP contribution is -2.99. The van der Waals surface area contributed by atoms with Crippen molar-refractivity contribution in [2.24, 2.45) is 23.2 Å². The molecule has 2 unspecified atom stereocenters. The minimum absolute atomic E-state index is 0.0150. The number of hydrogen-bond donors (Lipinski definition) is 5. The molecule has 0 saturated heterocycles. The predicted octanol–water partition coefficient (Wildman–Crippen LogP) is 5.21. The van der Waals surface area contributed by atoms with Crippen LogP contribution in [0.4, 0.5) is 11.4 Å². The number of para-hydroxylation sites is 1. The number of nitrogens with one attached hydrogen (secondary N) is 3. The largest absolute Gasteiger partial charge is 0.624 e. The third-order valence-corrected chi connectivity index (χ3v) is 10.6. The van der Waals surface area contributed by atoms with E-state index >= 15 is 0 Å². The third kappa shape index (κ3) is 6.06. The van der Waals surface area contributed by atoms with Gasteiger partial charge < -0.3 is 31.1 Å². The second-order valence-electron chi connectivity index (χ2n) is 13.9. The molecule has 10 nitrogen and oxygen atoms in total. The monoisotopic (exact) mass is 635 g/mol. The number of fused-ring (bicyclic) bond motifs is 1. The van der Waals surface area contributed by atoms with E-state index in [1.807, 2.05) is 0 Å². The van der Waals surface area contributed by atoms with E-state index in [0.29, 0.717) is 34.6 Å². The highest BCUT2D eigenvalue weighted by Gasteiger charge is 2.51. The van der Waals surface area contributed by atoms with E-state index in [4.69, 9.17) is 0 Å². The van der Waals surface area contributed by atoms with Crippen LogP contribution in [-0.2, 0) is 4.79 Å². The molecule has 1 aliphatic heterocycles. The van der Waals surface area contributed by atoms with Crippen molar-refractivity contribution in [3.05, 3.63) is 105 Å². The molecule has 4 bridgehead atoms. The van der Waals surface area contributed by atoms with Crippen LogP contribution in [0.5, 0.6) is 0 Å². The molecule has 3 aromatic rings. The van der Waals surface area contributed by atoms with Gasteiger partial charge in [-0.05, 0) is 97.6 Å². The number of carbonyl (C=O) groups is 4. The first-order chi connectivity index (χ1) is 22.6. The Labute approximate surface area is 272 Å². The van der Waals surface area contributed by atoms with Crippen LogP contribution in [0, 0.1) is 28.4 Å². The van der Waals surface area contributed by atoms with E-state index in [1.54, 1.807) is 54.6 Å². The zero-order chi connectivity index (χ0) is 32.9. The molecule has 0 radical (unpaired) electrons. The van der Waals surface area contributed by atoms with Crippen LogP contribution < -0.4 is 15.7 Å². The molecule has 4 saturated carbocycles. The fraction of sp³-hybridized carbons (Fsp3) is 0.351. The number of quaternary nitrogens is 1. The summed E-state index contributed by atoms with van der Waals surface area (Å²) in [5.41, 5.74) is 1.88. The average Bonchev–Trinajstić information content (AvgIpc) is 3.36. The molecule has 0 spiro atoms. The van der Waals surface area contributed by atoms with Gasteiger partial charge in [-0.3, -0.25) is 9.59 Å². The Hall–Kier alpha value is -4.80. The normalized spacial score (nSPS) is 25.9. The van der Waals surface area contributed by atoms with Crippen LogP contribution in [0.1, 0.15) is 93.1 Å². The summed E-state index contributed by atoms with van der Waals surface area (Å²) in [5.74, 6) is -2.02. The summed E-state index contributed by atoms with van der Waals surface area (Å²) in [6.45, 7) is 0.621. The summed E-state index contributed by atoms with van der Waals surface area (Å²) in [6, 6.07) is 17.5. The van der Waals surface area contributed by atoms with Gasteiger partial charge in [0.25, 0.3) is 5.91 Å². The van der Waals surface area contributed by atoms with Gasteiger partial charge in [-0.2, -0.15) is 0 Å². The van der Waals surface area contributed by atoms with Crippen LogP contribution in [0.2, 0.25) is 0 Å². The molecule has 2 atom stereocenters. The molecule has 242 valence electrons. The van der Waals surface area contributed by atoms with Gasteiger partial charge in [0.05, 0.1) is 17.0 Å². The van der Waals surface area contributed by atoms with E-state index in [0.717, 1.165) is 23.8 Å². The van der Waals surface area contributed by atoms with Gasteiger partial charge in [0.15, 0.2) is 5.69 Å². The number of anilines is 1. The third-order valence-electron chi connectivity index (χ3n) is 10.6. The fourth-order valence-corrected chi connectivity index (χ4v) is 9.01. The summed E-state index contributed by atoms with van der Waals surface area (Å²) < 4.78 is 0. The number of hydrogen-bond acceptors (Lipinski definition) is 5. The van der Waals surface area contributed by atoms with Crippen molar-refractivity contribution in [1.82, 2.24) is 5.32 Å². The van der Waals surface area contributed by atoms with Gasteiger partial charge in [-0.1, -0.05) is 36.4 Å². The first kappa shape index (κ1) is 30.8. The number of benzene rings is 3. The maximum atomic E-state index is 13.9. The van der Waals surface area contributed by atoms with Crippen molar-refractivity contribution >= 4 is 41.2 Å². The molecule has 3 aromatic carbocycles. The molecule has 4 fully saturated rings. The number of hydroxylamine groups is 1. The topological polar surface area (TPSA) is 160 Å². The van der Waals surface area contributed by atoms with Gasteiger partial charge >= 0.3 is 11.9 Å². The van der Waals surface area contributed by atoms with Crippen molar-refractivity contribution in [2.75, 3.05) is 11.9 Å². The zero-order valence-corrected chi connectivity index (χ0v) is 25.8. The lowest BCUT2D eigenvalue weighted by molar-refractivity contribution is -0.729. The second-order valence-corrected chi connectivity index (χ2v) is 13.9. The molecule has 8 rings (SSSR count). The molecule has 4 aliphatic carbocycles. The van der Waals surface area contributed by atoms with Crippen LogP contribution in [0.3, 0.4) is 0 Å². The van der Waals surface area contributed by atoms with Gasteiger partial charge in [-0.25, -0.2) is 9.59 Å². The van der Waals surface area contributed by atoms with E-state index < -0.39 is 23.8 Å². The van der Waals surface area contributed by atoms with Gasteiger partial charge in [0.2, 0.25) is 5.91 Å². The number of aromatic carboxylic acids is 2. The molecule has 47 heavy (non-hydrogen) atoms. The van der Waals surface area contributed by atoms with Crippen molar-refractivity contribution in [1.29, 1.82) is 0 Å². The Balaban J connectivity index is 1.10. The number of carboxylic acid groups (broad SMARTS) is 2. The van der Waals surface area contributed by atoms with Crippen molar-refractivity contribution in [3.8, 4) is 0 Å². The lowest BCUT2D eigenvalue weighted by atomic mass is 9.49. The van der Waals surface area contributed by atoms with Crippen LogP contribution in [-0.4, -0.2) is 40.5 Å². The molecule has 5 aliphatic rings. The first-order valence-corrected chi connectivity index (χ1v) is 16.2. The van der Waals surface area contributed by atoms with E-state index in [9.17, 15) is 34.6 Å². The summed E-state index contributed by atoms with van der Waals surface area (Å²) >= 11 is 0. The molecule has 1 heterocycles. The minimum atomic E-state index is -1.33. The molecular weight excluding hydrogens is 598 g/mol. The van der Waals surface area contributed by atoms with Gasteiger partial charge in [0.1, 0.15) is 11.3 Å². The number of carbonyl (C=O) groups excluding carboxylic acids is 2. The Morgan fingerprint density at radius 2 is 1.47 bits per heavy atom. The van der Waals surface area contributed by atoms with Crippen molar-refractivity contribution in [3.63, 3.8) is 0 Å². The van der Waals surface area contributed by atoms with E-state index in [-0.39, 0.29) is 39.6 Å². The quantitative estimate of drug-likeness (QED) is 0.191. The Morgan fingerprint density at radius 1 is 0.851 bits per heavy atom. The highest BCUT2D eigenvalue weighted by atomic mass is 16.5. The average molecular weight is 636 g/mol. The van der Waals surface area contributed by atoms with Crippen LogP contribution >= 0.6 is 0 Å². The highest BCUT2D eigenvalue weighted by Crippen LogP contribution is 2.59. The lowest BCUT2D eigenvalue weighted by Gasteiger charge is -2.56. The summed E-state index contributed by atoms with van der Waals surface area (Å²) in [4.78, 5) is 50.6. The SMILES string of the molecule is O=C(O)c1cc(NC(=O)C(CC2=Cc3cccc(C(=O)NCC45CC6CC(CC(C6)C4)C5)c3[NH+]2[O-])c2ccccc2)cc(C(=O)O)c1. The van der Waals surface area contributed by atoms with Crippen molar-refractivity contribution < 1.29 is 34.5 Å². The van der Waals surface area contributed by atoms with Gasteiger partial charge in [-0.15, -0.1) is 0 Å². The summed E-state index contributed by atoms with van der Waals surface area (Å²) in [5, 5.41) is 38.4. The zero-order valence-electron chi connectivity index (χ0n) is 25.8. The Bertz CT molecular complexity index is 1730. The molecule has 10 heteroatoms. The Kier molecular flexibility index (Phi) is 7.93. The molecular formula is C37H37N3O7. The fourth-order valence-electron chi connectivity index (χ4n) is 9.01. The smallest absolute Gasteiger partial charge is 0.335 e. The standard InChI is InChI=1S/C37H37N3O7/c41-33(38-20-37-17-21-9-22(18-37)11-23(10-21)19-37)30-8-4-7-25-15-29(40(47)32(25)30)16-31(24-5-2-1-3-6-24)34(42)39-28-13-26(35(43)44)12-27(14-28)36(45)46/h1-8,12-15,21-23,31,40H,9-11,16-20H2,(H,38,41)(H,39,42)(H,43,44)(H,45,46). The summed E-state index contributed by atoms with van der Waals surface area (Å²) in [6.07, 6.45) is 9.20. The minimum Gasteiger partial charge on any atom is -0.624 e. The molecule has 5 N–H and O–H groups in total. The van der Waals surface area contributed by atoms with Gasteiger partial charge in [0, 0.05) is 30.3 Å². The highest BCUT2D eigenvalue weighted by molar-refractivity contribution is 6.01. The van der Waals surface area contributed by atoms with Crippen molar-refractivity contribution in [2.45, 2.75) is 50.9 Å². The molecule has 2 amide bonds. The van der Waals surface area contributed by atoms with Crippen LogP contribution in [0.15, 0.2) is 72.4 Å². The van der Waals surface area contributed by atoms with E-state index in [1.165, 1.54) is 50.7 Å². The first-order valence-electron chi connectivity index (χ1n) is 16.2. The summed E-state index contributed by atoms with van der Waals surface area (Å²) in [7, 11) is 0. The Morgan fingerprint density at radius 3 is 2.06 bits per heavy atom. The second kappa shape index (κ2) is 12.1. The number of amides is 2. The number of carboxylic acids is 2. The molecule has 0 aromatic heterocycles. The number of allylic oxidation sites excluding steroid dienone is 1. The van der Waals surface area contributed by atoms with E-state index in [2.05, 4.69) is 10.6 Å². The predicted molar refractivity (Wildman–Crippen MR) is 174 cm³/mol. The maximum Gasteiger partial charge on any atom is 0.335 e.